The van der Waals surface area contributed by atoms with Crippen LogP contribution >= 0.6 is 0 Å². The Hall–Kier alpha value is -2.57. The van der Waals surface area contributed by atoms with Gasteiger partial charge in [0.25, 0.3) is 0 Å². The van der Waals surface area contributed by atoms with Crippen LogP contribution in [0.3, 0.4) is 0 Å². The summed E-state index contributed by atoms with van der Waals surface area (Å²) >= 11 is 0. The average molecular weight is 437 g/mol. The molecule has 1 saturated heterocycles. The van der Waals surface area contributed by atoms with Crippen molar-refractivity contribution in [2.24, 2.45) is 17.3 Å². The van der Waals surface area contributed by atoms with Crippen molar-refractivity contribution in [3.05, 3.63) is 24.2 Å². The number of hydrogen-bond donors (Lipinski definition) is 0. The second-order valence-electron chi connectivity index (χ2n) is 10.7. The fourth-order valence-corrected chi connectivity index (χ4v) is 6.13. The molecule has 0 N–H and O–H groups in total. The van der Waals surface area contributed by atoms with Gasteiger partial charge in [-0.05, 0) is 55.4 Å². The van der Waals surface area contributed by atoms with Gasteiger partial charge in [-0.2, -0.15) is 5.10 Å². The summed E-state index contributed by atoms with van der Waals surface area (Å²) in [6.07, 6.45) is 10.2. The van der Waals surface area contributed by atoms with Gasteiger partial charge >= 0.3 is 0 Å². The summed E-state index contributed by atoms with van der Waals surface area (Å²) in [5.74, 6) is 1.04. The smallest absolute Gasteiger partial charge is 0.245 e. The van der Waals surface area contributed by atoms with Crippen molar-refractivity contribution in [1.29, 1.82) is 0 Å². The van der Waals surface area contributed by atoms with Gasteiger partial charge < -0.3 is 4.90 Å². The molecule has 4 atom stereocenters. The predicted octanol–water partition coefficient (Wildman–Crippen LogP) is 3.80. The molecule has 3 aliphatic rings. The summed E-state index contributed by atoms with van der Waals surface area (Å²) < 4.78 is 1.57. The third kappa shape index (κ3) is 3.65. The van der Waals surface area contributed by atoms with E-state index in [-0.39, 0.29) is 36.1 Å². The normalized spacial score (nSPS) is 28.2. The molecular weight excluding hydrogens is 404 g/mol. The van der Waals surface area contributed by atoms with Gasteiger partial charge in [-0.25, -0.2) is 0 Å². The zero-order chi connectivity index (χ0) is 22.6. The van der Waals surface area contributed by atoms with Gasteiger partial charge in [0.15, 0.2) is 11.6 Å². The summed E-state index contributed by atoms with van der Waals surface area (Å²) in [5.41, 5.74) is 1.34. The molecule has 2 saturated carbocycles. The van der Waals surface area contributed by atoms with Crippen LogP contribution in [0.15, 0.2) is 18.5 Å². The minimum atomic E-state index is -0.303. The first-order chi connectivity index (χ1) is 15.3. The van der Waals surface area contributed by atoms with Crippen molar-refractivity contribution in [2.75, 3.05) is 0 Å². The van der Waals surface area contributed by atoms with E-state index in [0.29, 0.717) is 40.3 Å². The molecule has 32 heavy (non-hydrogen) atoms. The van der Waals surface area contributed by atoms with Crippen LogP contribution in [0.1, 0.15) is 76.2 Å². The zero-order valence-corrected chi connectivity index (χ0v) is 19.2. The monoisotopic (exact) mass is 436 g/mol. The van der Waals surface area contributed by atoms with Gasteiger partial charge in [0, 0.05) is 31.0 Å². The highest BCUT2D eigenvalue weighted by Crippen LogP contribution is 2.49. The van der Waals surface area contributed by atoms with Crippen LogP contribution in [-0.2, 0) is 16.1 Å². The van der Waals surface area contributed by atoms with Gasteiger partial charge in [0.2, 0.25) is 5.91 Å². The Labute approximate surface area is 188 Å². The molecule has 0 bridgehead atoms. The highest BCUT2D eigenvalue weighted by molar-refractivity contribution is 6.04. The Kier molecular flexibility index (Phi) is 5.18. The van der Waals surface area contributed by atoms with Gasteiger partial charge in [-0.3, -0.25) is 24.0 Å². The second-order valence-corrected chi connectivity index (χ2v) is 10.7. The topological polar surface area (TPSA) is 85.2 Å². The molecule has 7 heteroatoms. The molecular formula is C25H32N4O3. The maximum atomic E-state index is 13.4. The van der Waals surface area contributed by atoms with Crippen LogP contribution in [0.5, 0.6) is 0 Å². The number of nitrogens with zero attached hydrogens (tertiary/aromatic N) is 4. The first-order valence-corrected chi connectivity index (χ1v) is 11.9. The lowest BCUT2D eigenvalue weighted by Gasteiger charge is -2.29. The molecule has 5 rings (SSSR count). The van der Waals surface area contributed by atoms with Crippen molar-refractivity contribution in [2.45, 2.75) is 84.3 Å². The highest BCUT2D eigenvalue weighted by Gasteiger charge is 2.55. The van der Waals surface area contributed by atoms with Crippen LogP contribution < -0.4 is 0 Å². The lowest BCUT2D eigenvalue weighted by atomic mass is 9.79. The SMILES string of the molecule is CC(=O)c1nn(CC(=O)N2[C@@H]3C[C@@H]3C[C@H]2C(=O)CCC2CCCC2(C)C)c2cnccc12. The van der Waals surface area contributed by atoms with E-state index in [1.807, 2.05) is 4.90 Å². The van der Waals surface area contributed by atoms with E-state index < -0.39 is 0 Å². The fraction of sp³-hybridized carbons (Fsp3) is 0.640. The molecule has 1 unspecified atom stereocenters. The maximum Gasteiger partial charge on any atom is 0.245 e. The van der Waals surface area contributed by atoms with Crippen LogP contribution in [0.2, 0.25) is 0 Å². The van der Waals surface area contributed by atoms with Crippen LogP contribution in [-0.4, -0.2) is 49.2 Å². The molecule has 2 aromatic heterocycles. The molecule has 170 valence electrons. The number of rotatable bonds is 7. The molecule has 0 radical (unpaired) electrons. The Morgan fingerprint density at radius 1 is 1.22 bits per heavy atom. The molecule has 3 heterocycles. The van der Waals surface area contributed by atoms with Gasteiger partial charge in [-0.15, -0.1) is 0 Å². The molecule has 7 nitrogen and oxygen atoms in total. The summed E-state index contributed by atoms with van der Waals surface area (Å²) in [7, 11) is 0. The third-order valence-corrected chi connectivity index (χ3v) is 8.15. The number of piperidine rings is 1. The number of Topliss-reactive ketones (excluding diaryl/α,β-unsaturated/α-hetero) is 2. The van der Waals surface area contributed by atoms with Crippen LogP contribution in [0, 0.1) is 17.3 Å². The zero-order valence-electron chi connectivity index (χ0n) is 19.2. The Balaban J connectivity index is 1.30. The lowest BCUT2D eigenvalue weighted by molar-refractivity contribution is -0.139. The molecule has 0 aromatic carbocycles. The van der Waals surface area contributed by atoms with Crippen molar-refractivity contribution in [1.82, 2.24) is 19.7 Å². The van der Waals surface area contributed by atoms with Crippen molar-refractivity contribution >= 4 is 28.4 Å². The summed E-state index contributed by atoms with van der Waals surface area (Å²) in [6.45, 7) is 6.13. The molecule has 2 aromatic rings. The number of fused-ring (bicyclic) bond motifs is 2. The fourth-order valence-electron chi connectivity index (χ4n) is 6.13. The van der Waals surface area contributed by atoms with Crippen molar-refractivity contribution < 1.29 is 14.4 Å². The summed E-state index contributed by atoms with van der Waals surface area (Å²) in [4.78, 5) is 44.5. The van der Waals surface area contributed by atoms with E-state index in [2.05, 4.69) is 23.9 Å². The van der Waals surface area contributed by atoms with E-state index in [0.717, 1.165) is 19.3 Å². The van der Waals surface area contributed by atoms with Crippen molar-refractivity contribution in [3.8, 4) is 0 Å². The Morgan fingerprint density at radius 2 is 2.03 bits per heavy atom. The lowest BCUT2D eigenvalue weighted by Crippen LogP contribution is -2.44. The number of pyridine rings is 1. The standard InChI is InChI=1S/C25H32N4O3/c1-15(30)24-18-8-10-26-13-21(18)28(27-24)14-23(32)29-19-11-16(19)12-20(29)22(31)7-6-17-5-4-9-25(17,2)3/h8,10,13,16-17,19-20H,4-7,9,11-12,14H2,1-3H3/t16-,17?,19-,20+/m1/s1. The van der Waals surface area contributed by atoms with E-state index in [4.69, 9.17) is 0 Å². The van der Waals surface area contributed by atoms with Gasteiger partial charge in [0.1, 0.15) is 12.2 Å². The summed E-state index contributed by atoms with van der Waals surface area (Å²) in [6, 6.07) is 1.64. The van der Waals surface area contributed by atoms with Crippen LogP contribution in [0.4, 0.5) is 0 Å². The molecule has 0 spiro atoms. The summed E-state index contributed by atoms with van der Waals surface area (Å²) in [5, 5.41) is 5.11. The van der Waals surface area contributed by atoms with E-state index in [1.165, 1.54) is 26.2 Å². The van der Waals surface area contributed by atoms with E-state index >= 15 is 0 Å². The second kappa shape index (κ2) is 7.78. The number of carbonyl (C=O) groups is 3. The van der Waals surface area contributed by atoms with Gasteiger partial charge in [0.05, 0.1) is 17.8 Å². The molecule has 1 amide bonds. The quantitative estimate of drug-likeness (QED) is 0.617. The van der Waals surface area contributed by atoms with E-state index in [1.54, 1.807) is 23.1 Å². The Morgan fingerprint density at radius 3 is 2.75 bits per heavy atom. The Bertz CT molecular complexity index is 1090. The molecule has 1 aliphatic heterocycles. The van der Waals surface area contributed by atoms with Gasteiger partial charge in [-0.1, -0.05) is 20.3 Å². The van der Waals surface area contributed by atoms with E-state index in [9.17, 15) is 14.4 Å². The number of aromatic nitrogens is 3. The first-order valence-electron chi connectivity index (χ1n) is 11.9. The molecule has 2 aliphatic carbocycles. The number of carbonyl (C=O) groups excluding carboxylic acids is 3. The minimum Gasteiger partial charge on any atom is -0.328 e. The third-order valence-electron chi connectivity index (χ3n) is 8.15. The largest absolute Gasteiger partial charge is 0.328 e. The molecule has 3 fully saturated rings. The number of amides is 1. The minimum absolute atomic E-state index is 0.0259. The van der Waals surface area contributed by atoms with Crippen molar-refractivity contribution in [3.63, 3.8) is 0 Å². The number of ketones is 2. The maximum absolute atomic E-state index is 13.4. The highest BCUT2D eigenvalue weighted by atomic mass is 16.2. The van der Waals surface area contributed by atoms with Crippen LogP contribution in [0.25, 0.3) is 10.9 Å². The average Bonchev–Trinajstić information content (AvgIpc) is 3.08. The predicted molar refractivity (Wildman–Crippen MR) is 120 cm³/mol. The first kappa shape index (κ1) is 21.3. The number of hydrogen-bond acceptors (Lipinski definition) is 5. The number of likely N-dealkylation sites (tertiary alicyclic amines) is 1.